The van der Waals surface area contributed by atoms with Gasteiger partial charge < -0.3 is 4.90 Å². The summed E-state index contributed by atoms with van der Waals surface area (Å²) in [6.07, 6.45) is 1.32. The van der Waals surface area contributed by atoms with E-state index < -0.39 is 10.0 Å². The van der Waals surface area contributed by atoms with Crippen molar-refractivity contribution in [2.75, 3.05) is 33.7 Å². The van der Waals surface area contributed by atoms with Crippen LogP contribution in [-0.4, -0.2) is 68.4 Å². The van der Waals surface area contributed by atoms with Crippen LogP contribution in [0.5, 0.6) is 0 Å². The molecule has 1 saturated heterocycles. The first kappa shape index (κ1) is 16.9. The van der Waals surface area contributed by atoms with E-state index >= 15 is 0 Å². The van der Waals surface area contributed by atoms with Crippen molar-refractivity contribution in [1.82, 2.24) is 19.5 Å². The van der Waals surface area contributed by atoms with Gasteiger partial charge in [0.2, 0.25) is 0 Å². The lowest BCUT2D eigenvalue weighted by molar-refractivity contribution is 0.0311. The number of amides is 1. The van der Waals surface area contributed by atoms with Crippen LogP contribution in [-0.2, 0) is 10.0 Å². The third-order valence-corrected chi connectivity index (χ3v) is 5.46. The molecule has 0 aromatic carbocycles. The Balaban J connectivity index is 2.17. The molecule has 1 aliphatic heterocycles. The van der Waals surface area contributed by atoms with E-state index in [-0.39, 0.29) is 16.5 Å². The van der Waals surface area contributed by atoms with Crippen molar-refractivity contribution in [3.05, 3.63) is 23.9 Å². The number of aromatic nitrogens is 1. The molecule has 0 saturated carbocycles. The number of pyridine rings is 1. The maximum atomic E-state index is 12.5. The normalized spacial score (nSPS) is 19.2. The average molecular weight is 326 g/mol. The van der Waals surface area contributed by atoms with Crippen molar-refractivity contribution >= 4 is 15.9 Å². The second-order valence-electron chi connectivity index (χ2n) is 6.05. The minimum atomic E-state index is -3.58. The molecule has 1 aromatic heterocycles. The molecule has 2 rings (SSSR count). The molecule has 0 aliphatic carbocycles. The number of hydrogen-bond acceptors (Lipinski definition) is 5. The topological polar surface area (TPSA) is 82.6 Å². The van der Waals surface area contributed by atoms with Crippen LogP contribution < -0.4 is 4.72 Å². The van der Waals surface area contributed by atoms with Gasteiger partial charge in [-0.3, -0.25) is 9.69 Å². The monoisotopic (exact) mass is 326 g/mol. The van der Waals surface area contributed by atoms with Crippen molar-refractivity contribution in [2.24, 2.45) is 0 Å². The molecule has 0 unspecified atom stereocenters. The summed E-state index contributed by atoms with van der Waals surface area (Å²) in [5.74, 6) is -0.123. The van der Waals surface area contributed by atoms with Crippen molar-refractivity contribution in [3.63, 3.8) is 0 Å². The SMILES string of the molecule is CNS(=O)(=O)c1ccc(C(=O)N2CCN(C)C(C)(C)C2)cn1. The number of hydrogen-bond donors (Lipinski definition) is 1. The van der Waals surface area contributed by atoms with Crippen LogP contribution in [0.25, 0.3) is 0 Å². The number of nitrogens with one attached hydrogen (secondary N) is 1. The lowest BCUT2D eigenvalue weighted by atomic mass is 9.99. The molecule has 1 fully saturated rings. The van der Waals surface area contributed by atoms with Crippen molar-refractivity contribution in [3.8, 4) is 0 Å². The summed E-state index contributed by atoms with van der Waals surface area (Å²) in [6, 6.07) is 2.85. The van der Waals surface area contributed by atoms with E-state index in [0.29, 0.717) is 18.7 Å². The van der Waals surface area contributed by atoms with Gasteiger partial charge in [0.15, 0.2) is 5.03 Å². The predicted octanol–water partition coefficient (Wildman–Crippen LogP) is 0.156. The van der Waals surface area contributed by atoms with Gasteiger partial charge >= 0.3 is 0 Å². The standard InChI is InChI=1S/C14H22N4O3S/c1-14(2)10-18(8-7-17(14)4)13(19)11-5-6-12(16-9-11)22(20,21)15-3/h5-6,9,15H,7-8,10H2,1-4H3. The van der Waals surface area contributed by atoms with Crippen molar-refractivity contribution in [2.45, 2.75) is 24.4 Å². The zero-order valence-electron chi connectivity index (χ0n) is 13.3. The molecule has 22 heavy (non-hydrogen) atoms. The Morgan fingerprint density at radius 2 is 2.00 bits per heavy atom. The number of piperazine rings is 1. The molecule has 1 N–H and O–H groups in total. The Morgan fingerprint density at radius 1 is 1.32 bits per heavy atom. The van der Waals surface area contributed by atoms with E-state index in [1.165, 1.54) is 25.4 Å². The number of nitrogens with zero attached hydrogens (tertiary/aromatic N) is 3. The Bertz CT molecular complexity index is 655. The molecule has 0 bridgehead atoms. The predicted molar refractivity (Wildman–Crippen MR) is 83.1 cm³/mol. The van der Waals surface area contributed by atoms with Gasteiger partial charge in [0.05, 0.1) is 5.56 Å². The molecule has 0 atom stereocenters. The highest BCUT2D eigenvalue weighted by atomic mass is 32.2. The first-order valence-electron chi connectivity index (χ1n) is 7.07. The van der Waals surface area contributed by atoms with Gasteiger partial charge in [0.1, 0.15) is 0 Å². The summed E-state index contributed by atoms with van der Waals surface area (Å²) in [7, 11) is -0.220. The Labute approximate surface area is 131 Å². The zero-order valence-corrected chi connectivity index (χ0v) is 14.1. The van der Waals surface area contributed by atoms with Crippen molar-refractivity contribution < 1.29 is 13.2 Å². The van der Waals surface area contributed by atoms with Crippen LogP contribution in [0.1, 0.15) is 24.2 Å². The van der Waals surface area contributed by atoms with E-state index in [0.717, 1.165) is 6.54 Å². The van der Waals surface area contributed by atoms with Gasteiger partial charge in [0, 0.05) is 31.4 Å². The van der Waals surface area contributed by atoms with Crippen LogP contribution in [0, 0.1) is 0 Å². The molecule has 0 spiro atoms. The highest BCUT2D eigenvalue weighted by Gasteiger charge is 2.33. The largest absolute Gasteiger partial charge is 0.335 e. The molecule has 2 heterocycles. The zero-order chi connectivity index (χ0) is 16.5. The van der Waals surface area contributed by atoms with E-state index in [1.807, 2.05) is 7.05 Å². The van der Waals surface area contributed by atoms with Gasteiger partial charge in [-0.15, -0.1) is 0 Å². The van der Waals surface area contributed by atoms with Crippen molar-refractivity contribution in [1.29, 1.82) is 0 Å². The highest BCUT2D eigenvalue weighted by Crippen LogP contribution is 2.20. The number of carbonyl (C=O) groups excluding carboxylic acids is 1. The second-order valence-corrected chi connectivity index (χ2v) is 7.89. The molecule has 1 aromatic rings. The Morgan fingerprint density at radius 3 is 2.50 bits per heavy atom. The molecule has 8 heteroatoms. The summed E-state index contributed by atoms with van der Waals surface area (Å²) in [5, 5.41) is -0.0924. The van der Waals surface area contributed by atoms with Gasteiger partial charge in [0.25, 0.3) is 15.9 Å². The maximum absolute atomic E-state index is 12.5. The fourth-order valence-corrected chi connectivity index (χ4v) is 3.01. The highest BCUT2D eigenvalue weighted by molar-refractivity contribution is 7.89. The maximum Gasteiger partial charge on any atom is 0.257 e. The van der Waals surface area contributed by atoms with E-state index in [4.69, 9.17) is 0 Å². The van der Waals surface area contributed by atoms with Crippen LogP contribution in [0.4, 0.5) is 0 Å². The summed E-state index contributed by atoms with van der Waals surface area (Å²) < 4.78 is 25.5. The third kappa shape index (κ3) is 3.29. The first-order chi connectivity index (χ1) is 10.2. The van der Waals surface area contributed by atoms with Gasteiger partial charge in [-0.2, -0.15) is 0 Å². The van der Waals surface area contributed by atoms with Crippen LogP contribution >= 0.6 is 0 Å². The Kier molecular flexibility index (Phi) is 4.55. The van der Waals surface area contributed by atoms with Crippen LogP contribution in [0.15, 0.2) is 23.4 Å². The first-order valence-corrected chi connectivity index (χ1v) is 8.56. The molecule has 7 nitrogen and oxygen atoms in total. The molecular weight excluding hydrogens is 304 g/mol. The van der Waals surface area contributed by atoms with E-state index in [1.54, 1.807) is 4.90 Å². The molecule has 1 amide bonds. The van der Waals surface area contributed by atoms with Gasteiger partial charge in [-0.25, -0.2) is 18.1 Å². The van der Waals surface area contributed by atoms with Crippen LogP contribution in [0.3, 0.4) is 0 Å². The molecule has 122 valence electrons. The number of carbonyl (C=O) groups is 1. The minimum absolute atomic E-state index is 0.0866. The summed E-state index contributed by atoms with van der Waals surface area (Å²) in [6.45, 7) is 6.26. The van der Waals surface area contributed by atoms with E-state index in [9.17, 15) is 13.2 Å². The fourth-order valence-electron chi connectivity index (χ4n) is 2.37. The lowest BCUT2D eigenvalue weighted by Gasteiger charge is -2.45. The number of sulfonamides is 1. The number of rotatable bonds is 3. The fraction of sp³-hybridized carbons (Fsp3) is 0.571. The third-order valence-electron chi connectivity index (χ3n) is 4.13. The van der Waals surface area contributed by atoms with E-state index in [2.05, 4.69) is 28.5 Å². The minimum Gasteiger partial charge on any atom is -0.335 e. The summed E-state index contributed by atoms with van der Waals surface area (Å²) in [4.78, 5) is 20.4. The summed E-state index contributed by atoms with van der Waals surface area (Å²) in [5.41, 5.74) is 0.312. The molecular formula is C14H22N4O3S. The smallest absolute Gasteiger partial charge is 0.257 e. The molecule has 0 radical (unpaired) electrons. The quantitative estimate of drug-likeness (QED) is 0.855. The molecule has 1 aliphatic rings. The van der Waals surface area contributed by atoms with Crippen LogP contribution in [0.2, 0.25) is 0 Å². The van der Waals surface area contributed by atoms with Gasteiger partial charge in [-0.1, -0.05) is 0 Å². The average Bonchev–Trinajstić information content (AvgIpc) is 2.49. The Hall–Kier alpha value is -1.51. The summed E-state index contributed by atoms with van der Waals surface area (Å²) >= 11 is 0. The lowest BCUT2D eigenvalue weighted by Crippen LogP contribution is -2.58. The second kappa shape index (κ2) is 5.94. The number of likely N-dealkylation sites (N-methyl/N-ethyl adjacent to an activating group) is 1. The van der Waals surface area contributed by atoms with Gasteiger partial charge in [-0.05, 0) is 40.1 Å².